The second-order valence-corrected chi connectivity index (χ2v) is 6.68. The molecular weight excluding hydrogens is 346 g/mol. The van der Waals surface area contributed by atoms with E-state index in [1.807, 2.05) is 30.3 Å². The van der Waals surface area contributed by atoms with Crippen molar-refractivity contribution in [1.82, 2.24) is 4.90 Å². The molecule has 7 heteroatoms. The summed E-state index contributed by atoms with van der Waals surface area (Å²) in [5.74, 6) is -0.512. The lowest BCUT2D eigenvalue weighted by atomic mass is 10.2. The number of amides is 1. The van der Waals surface area contributed by atoms with Gasteiger partial charge in [0.05, 0.1) is 13.2 Å². The Morgan fingerprint density at radius 2 is 1.84 bits per heavy atom. The van der Waals surface area contributed by atoms with Crippen LogP contribution >= 0.6 is 11.6 Å². The van der Waals surface area contributed by atoms with E-state index in [1.54, 1.807) is 27.7 Å². The molecule has 0 fully saturated rings. The van der Waals surface area contributed by atoms with Crippen LogP contribution in [0.25, 0.3) is 0 Å². The highest BCUT2D eigenvalue weighted by Crippen LogP contribution is 2.12. The Balaban J connectivity index is 2.60. The molecule has 1 aromatic rings. The maximum absolute atomic E-state index is 12.2. The second kappa shape index (κ2) is 10.3. The molecule has 0 unspecified atom stereocenters. The van der Waals surface area contributed by atoms with E-state index in [9.17, 15) is 9.59 Å². The monoisotopic (exact) mass is 371 g/mol. The maximum atomic E-state index is 12.2. The first kappa shape index (κ1) is 21.3. The van der Waals surface area contributed by atoms with Crippen molar-refractivity contribution in [3.63, 3.8) is 0 Å². The Morgan fingerprint density at radius 1 is 1.20 bits per heavy atom. The third-order valence-electron chi connectivity index (χ3n) is 3.22. The van der Waals surface area contributed by atoms with Crippen LogP contribution in [0.4, 0.5) is 4.79 Å². The number of halogens is 1. The Hall–Kier alpha value is -1.79. The van der Waals surface area contributed by atoms with Gasteiger partial charge in [-0.2, -0.15) is 0 Å². The largest absolute Gasteiger partial charge is 0.458 e. The molecule has 0 aliphatic rings. The highest BCUT2D eigenvalue weighted by Gasteiger charge is 2.30. The molecule has 0 aliphatic heterocycles. The van der Waals surface area contributed by atoms with E-state index in [0.717, 1.165) is 5.56 Å². The summed E-state index contributed by atoms with van der Waals surface area (Å²) in [5, 5.41) is 0. The number of rotatable bonds is 8. The van der Waals surface area contributed by atoms with Gasteiger partial charge in [-0.3, -0.25) is 4.90 Å². The maximum Gasteiger partial charge on any atom is 0.411 e. The lowest BCUT2D eigenvalue weighted by Crippen LogP contribution is -2.47. The van der Waals surface area contributed by atoms with E-state index in [2.05, 4.69) is 0 Å². The molecule has 1 amide bonds. The quantitative estimate of drug-likeness (QED) is 0.397. The van der Waals surface area contributed by atoms with Gasteiger partial charge in [-0.25, -0.2) is 9.59 Å². The van der Waals surface area contributed by atoms with Crippen LogP contribution in [0.5, 0.6) is 0 Å². The number of carbonyl (C=O) groups excluding carboxylic acids is 2. The highest BCUT2D eigenvalue weighted by molar-refractivity contribution is 6.17. The predicted molar refractivity (Wildman–Crippen MR) is 95.3 cm³/mol. The zero-order valence-corrected chi connectivity index (χ0v) is 15.9. The first-order valence-corrected chi connectivity index (χ1v) is 8.62. The Morgan fingerprint density at radius 3 is 2.40 bits per heavy atom. The number of hydrogen-bond donors (Lipinski definition) is 0. The summed E-state index contributed by atoms with van der Waals surface area (Å²) in [4.78, 5) is 25.5. The fourth-order valence-corrected chi connectivity index (χ4v) is 2.11. The SMILES string of the molecule is C[C@@H](C(=O)OC(C)(C)C)N(CCOCc1ccccc1)C(=O)OCCl. The normalized spacial score (nSPS) is 12.4. The van der Waals surface area contributed by atoms with Crippen LogP contribution in [0, 0.1) is 0 Å². The molecule has 0 aromatic heterocycles. The molecule has 0 saturated carbocycles. The van der Waals surface area contributed by atoms with Crippen LogP contribution in [0.3, 0.4) is 0 Å². The fourth-order valence-electron chi connectivity index (χ4n) is 2.01. The zero-order chi connectivity index (χ0) is 18.9. The molecule has 0 spiro atoms. The van der Waals surface area contributed by atoms with Gasteiger partial charge in [-0.1, -0.05) is 41.9 Å². The number of alkyl halides is 1. The molecule has 0 bridgehead atoms. The fraction of sp³-hybridized carbons (Fsp3) is 0.556. The van der Waals surface area contributed by atoms with Crippen LogP contribution in [0.15, 0.2) is 30.3 Å². The molecule has 1 aromatic carbocycles. The van der Waals surface area contributed by atoms with Gasteiger partial charge >= 0.3 is 12.1 Å². The molecule has 0 heterocycles. The Bertz CT molecular complexity index is 544. The number of carbonyl (C=O) groups is 2. The molecule has 140 valence electrons. The molecule has 0 aliphatic carbocycles. The minimum Gasteiger partial charge on any atom is -0.458 e. The molecule has 1 rings (SSSR count). The topological polar surface area (TPSA) is 65.1 Å². The van der Waals surface area contributed by atoms with Crippen LogP contribution in [0.2, 0.25) is 0 Å². The molecule has 0 saturated heterocycles. The third kappa shape index (κ3) is 8.23. The van der Waals surface area contributed by atoms with E-state index in [-0.39, 0.29) is 19.2 Å². The second-order valence-electron chi connectivity index (χ2n) is 6.46. The van der Waals surface area contributed by atoms with Crippen LogP contribution < -0.4 is 0 Å². The van der Waals surface area contributed by atoms with Crippen LogP contribution in [0.1, 0.15) is 33.3 Å². The number of nitrogens with zero attached hydrogens (tertiary/aromatic N) is 1. The molecule has 1 atom stereocenters. The minimum atomic E-state index is -0.810. The summed E-state index contributed by atoms with van der Waals surface area (Å²) in [6.45, 7) is 7.73. The molecule has 25 heavy (non-hydrogen) atoms. The lowest BCUT2D eigenvalue weighted by molar-refractivity contribution is -0.160. The van der Waals surface area contributed by atoms with Crippen molar-refractivity contribution >= 4 is 23.7 Å². The standard InChI is InChI=1S/C18H26ClNO5/c1-14(16(21)25-18(2,3)4)20(17(22)24-13-19)10-11-23-12-15-8-6-5-7-9-15/h5-9,14H,10-13H2,1-4H3/t14-/m0/s1. The summed E-state index contributed by atoms with van der Waals surface area (Å²) < 4.78 is 15.7. The Labute approximate surface area is 154 Å². The first-order chi connectivity index (χ1) is 11.7. The summed E-state index contributed by atoms with van der Waals surface area (Å²) >= 11 is 5.46. The third-order valence-corrected chi connectivity index (χ3v) is 3.33. The van der Waals surface area contributed by atoms with Crippen molar-refractivity contribution in [2.75, 3.05) is 19.2 Å². The zero-order valence-electron chi connectivity index (χ0n) is 15.2. The van der Waals surface area contributed by atoms with Gasteiger partial charge in [0.15, 0.2) is 6.07 Å². The van der Waals surface area contributed by atoms with Crippen molar-refractivity contribution in [2.45, 2.75) is 45.9 Å². The van der Waals surface area contributed by atoms with Gasteiger partial charge in [0.1, 0.15) is 11.6 Å². The molecule has 0 N–H and O–H groups in total. The van der Waals surface area contributed by atoms with Gasteiger partial charge in [0.2, 0.25) is 0 Å². The van der Waals surface area contributed by atoms with E-state index < -0.39 is 23.7 Å². The van der Waals surface area contributed by atoms with E-state index in [1.165, 1.54) is 4.90 Å². The molecule has 0 radical (unpaired) electrons. The van der Waals surface area contributed by atoms with Crippen molar-refractivity contribution in [3.8, 4) is 0 Å². The number of benzene rings is 1. The average molecular weight is 372 g/mol. The van der Waals surface area contributed by atoms with Crippen molar-refractivity contribution in [3.05, 3.63) is 35.9 Å². The van der Waals surface area contributed by atoms with Crippen molar-refractivity contribution in [1.29, 1.82) is 0 Å². The summed E-state index contributed by atoms with van der Waals surface area (Å²) in [5.41, 5.74) is 0.384. The summed E-state index contributed by atoms with van der Waals surface area (Å²) in [6, 6.07) is 8.57. The van der Waals surface area contributed by atoms with Gasteiger partial charge in [0, 0.05) is 6.54 Å². The number of esters is 1. The van der Waals surface area contributed by atoms with Gasteiger partial charge in [-0.05, 0) is 33.3 Å². The molecular formula is C18H26ClNO5. The molecule has 6 nitrogen and oxygen atoms in total. The lowest BCUT2D eigenvalue weighted by Gasteiger charge is -2.29. The Kier molecular flexibility index (Phi) is 8.72. The van der Waals surface area contributed by atoms with E-state index >= 15 is 0 Å². The van der Waals surface area contributed by atoms with Crippen LogP contribution in [-0.4, -0.2) is 47.8 Å². The highest BCUT2D eigenvalue weighted by atomic mass is 35.5. The minimum absolute atomic E-state index is 0.183. The van der Waals surface area contributed by atoms with Crippen molar-refractivity contribution in [2.24, 2.45) is 0 Å². The summed E-state index contributed by atoms with van der Waals surface area (Å²) in [7, 11) is 0. The average Bonchev–Trinajstić information content (AvgIpc) is 2.54. The van der Waals surface area contributed by atoms with Gasteiger partial charge in [-0.15, -0.1) is 0 Å². The van der Waals surface area contributed by atoms with E-state index in [0.29, 0.717) is 6.61 Å². The van der Waals surface area contributed by atoms with Gasteiger partial charge < -0.3 is 14.2 Å². The predicted octanol–water partition coefficient (Wildman–Crippen LogP) is 3.57. The number of hydrogen-bond acceptors (Lipinski definition) is 5. The smallest absolute Gasteiger partial charge is 0.411 e. The number of ether oxygens (including phenoxy) is 3. The summed E-state index contributed by atoms with van der Waals surface area (Å²) in [6.07, 6.45) is -0.684. The van der Waals surface area contributed by atoms with Gasteiger partial charge in [0.25, 0.3) is 0 Å². The van der Waals surface area contributed by atoms with E-state index in [4.69, 9.17) is 25.8 Å². The van der Waals surface area contributed by atoms with Crippen molar-refractivity contribution < 1.29 is 23.8 Å². The first-order valence-electron chi connectivity index (χ1n) is 8.08. The van der Waals surface area contributed by atoms with Crippen LogP contribution in [-0.2, 0) is 25.6 Å².